The number of fused-ring (bicyclic) bond motifs is 2. The Hall–Kier alpha value is -2.76. The standard InChI is InChI=1S/C23H25NO4/c1-11-9-17-14(7-8-18(25)21(17)19(10-11)28-4)15-5-6-16-20(23(15)27)12(2)24-13(3)22(16)26/h5-10,12-13,22,24-27H,1-4H3. The van der Waals surface area contributed by atoms with Crippen LogP contribution in [0.2, 0.25) is 0 Å². The Bertz CT molecular complexity index is 1080. The van der Waals surface area contributed by atoms with Crippen LogP contribution in [0, 0.1) is 6.92 Å². The van der Waals surface area contributed by atoms with Gasteiger partial charge < -0.3 is 25.4 Å². The second-order valence-corrected chi connectivity index (χ2v) is 7.61. The number of aliphatic hydroxyl groups excluding tert-OH is 1. The fourth-order valence-electron chi connectivity index (χ4n) is 4.35. The Morgan fingerprint density at radius 3 is 2.43 bits per heavy atom. The first-order valence-electron chi connectivity index (χ1n) is 9.44. The van der Waals surface area contributed by atoms with Crippen molar-refractivity contribution in [2.75, 3.05) is 7.11 Å². The van der Waals surface area contributed by atoms with Gasteiger partial charge in [-0.1, -0.05) is 18.2 Å². The van der Waals surface area contributed by atoms with Gasteiger partial charge in [0.1, 0.15) is 17.2 Å². The van der Waals surface area contributed by atoms with Crippen molar-refractivity contribution in [2.24, 2.45) is 0 Å². The molecule has 0 amide bonds. The number of hydrogen-bond donors (Lipinski definition) is 4. The average molecular weight is 379 g/mol. The van der Waals surface area contributed by atoms with Gasteiger partial charge in [0.25, 0.3) is 0 Å². The first-order valence-corrected chi connectivity index (χ1v) is 9.44. The number of nitrogens with one attached hydrogen (secondary N) is 1. The number of phenols is 2. The van der Waals surface area contributed by atoms with Crippen LogP contribution in [0.1, 0.15) is 42.7 Å². The van der Waals surface area contributed by atoms with Gasteiger partial charge in [-0.05, 0) is 61.0 Å². The number of hydrogen-bond acceptors (Lipinski definition) is 5. The average Bonchev–Trinajstić information content (AvgIpc) is 2.66. The Kier molecular flexibility index (Phi) is 4.44. The van der Waals surface area contributed by atoms with Gasteiger partial charge in [-0.25, -0.2) is 0 Å². The van der Waals surface area contributed by atoms with Gasteiger partial charge in [0, 0.05) is 23.2 Å². The van der Waals surface area contributed by atoms with Gasteiger partial charge in [0.2, 0.25) is 0 Å². The van der Waals surface area contributed by atoms with Crippen molar-refractivity contribution >= 4 is 10.8 Å². The molecular formula is C23H25NO4. The molecule has 1 aliphatic heterocycles. The molecule has 0 fully saturated rings. The molecule has 0 saturated carbocycles. The predicted octanol–water partition coefficient (Wildman–Crippen LogP) is 4.32. The Labute approximate surface area is 164 Å². The monoisotopic (exact) mass is 379 g/mol. The molecule has 3 unspecified atom stereocenters. The molecule has 3 aromatic rings. The zero-order valence-corrected chi connectivity index (χ0v) is 16.4. The van der Waals surface area contributed by atoms with Crippen LogP contribution in [0.4, 0.5) is 0 Å². The zero-order valence-electron chi connectivity index (χ0n) is 16.4. The quantitative estimate of drug-likeness (QED) is 0.533. The third-order valence-corrected chi connectivity index (χ3v) is 5.70. The Morgan fingerprint density at radius 1 is 1.00 bits per heavy atom. The molecule has 0 radical (unpaired) electrons. The van der Waals surface area contributed by atoms with E-state index in [0.29, 0.717) is 22.3 Å². The second-order valence-electron chi connectivity index (χ2n) is 7.61. The molecule has 4 rings (SSSR count). The molecule has 4 N–H and O–H groups in total. The van der Waals surface area contributed by atoms with E-state index in [1.165, 1.54) is 0 Å². The smallest absolute Gasteiger partial charge is 0.130 e. The van der Waals surface area contributed by atoms with Gasteiger partial charge in [-0.3, -0.25) is 0 Å². The fourth-order valence-corrected chi connectivity index (χ4v) is 4.35. The number of phenolic OH excluding ortho intramolecular Hbond substituents is 2. The van der Waals surface area contributed by atoms with E-state index < -0.39 is 6.10 Å². The fraction of sp³-hybridized carbons (Fsp3) is 0.304. The maximum absolute atomic E-state index is 11.1. The summed E-state index contributed by atoms with van der Waals surface area (Å²) in [6, 6.07) is 10.8. The summed E-state index contributed by atoms with van der Waals surface area (Å²) in [5, 5.41) is 36.8. The predicted molar refractivity (Wildman–Crippen MR) is 110 cm³/mol. The molecule has 3 atom stereocenters. The first kappa shape index (κ1) is 18.6. The van der Waals surface area contributed by atoms with E-state index in [4.69, 9.17) is 4.74 Å². The highest BCUT2D eigenvalue weighted by Crippen LogP contribution is 2.46. The number of aromatic hydroxyl groups is 2. The highest BCUT2D eigenvalue weighted by molar-refractivity contribution is 6.04. The molecule has 0 spiro atoms. The van der Waals surface area contributed by atoms with Crippen LogP contribution in [0.3, 0.4) is 0 Å². The SMILES string of the molecule is COc1cc(C)cc2c(-c3ccc4c(c3O)C(C)NC(C)C4O)ccc(O)c12. The molecule has 0 aliphatic carbocycles. The van der Waals surface area contributed by atoms with Crippen molar-refractivity contribution in [1.29, 1.82) is 0 Å². The number of methoxy groups -OCH3 is 1. The third-order valence-electron chi connectivity index (χ3n) is 5.70. The van der Waals surface area contributed by atoms with Gasteiger partial charge in [0.05, 0.1) is 18.6 Å². The zero-order chi connectivity index (χ0) is 20.2. The van der Waals surface area contributed by atoms with E-state index >= 15 is 0 Å². The maximum atomic E-state index is 11.1. The summed E-state index contributed by atoms with van der Waals surface area (Å²) in [6.07, 6.45) is -0.676. The van der Waals surface area contributed by atoms with Crippen molar-refractivity contribution in [3.8, 4) is 28.4 Å². The molecular weight excluding hydrogens is 354 g/mol. The molecule has 3 aromatic carbocycles. The van der Waals surface area contributed by atoms with Crippen molar-refractivity contribution in [1.82, 2.24) is 5.32 Å². The van der Waals surface area contributed by atoms with Crippen molar-refractivity contribution in [3.05, 3.63) is 53.1 Å². The summed E-state index contributed by atoms with van der Waals surface area (Å²) in [6.45, 7) is 5.87. The summed E-state index contributed by atoms with van der Waals surface area (Å²) in [7, 11) is 1.58. The number of ether oxygens (including phenoxy) is 1. The van der Waals surface area contributed by atoms with Crippen molar-refractivity contribution in [3.63, 3.8) is 0 Å². The normalized spacial score (nSPS) is 21.5. The lowest BCUT2D eigenvalue weighted by molar-refractivity contribution is 0.116. The van der Waals surface area contributed by atoms with Gasteiger partial charge in [-0.2, -0.15) is 0 Å². The van der Waals surface area contributed by atoms with Crippen LogP contribution in [0.15, 0.2) is 36.4 Å². The van der Waals surface area contributed by atoms with Crippen LogP contribution < -0.4 is 10.1 Å². The van der Waals surface area contributed by atoms with Crippen LogP contribution >= 0.6 is 0 Å². The van der Waals surface area contributed by atoms with E-state index in [-0.39, 0.29) is 23.6 Å². The molecule has 5 heteroatoms. The molecule has 0 saturated heterocycles. The number of aliphatic hydroxyl groups is 1. The van der Waals surface area contributed by atoms with E-state index in [2.05, 4.69) is 5.32 Å². The number of benzene rings is 3. The lowest BCUT2D eigenvalue weighted by Crippen LogP contribution is -2.39. The summed E-state index contributed by atoms with van der Waals surface area (Å²) in [5.41, 5.74) is 3.91. The van der Waals surface area contributed by atoms with Gasteiger partial charge in [0.15, 0.2) is 0 Å². The summed E-state index contributed by atoms with van der Waals surface area (Å²) < 4.78 is 5.48. The molecule has 146 valence electrons. The van der Waals surface area contributed by atoms with Crippen LogP contribution in [-0.2, 0) is 0 Å². The summed E-state index contributed by atoms with van der Waals surface area (Å²) in [5.74, 6) is 0.870. The van der Waals surface area contributed by atoms with Crippen molar-refractivity contribution < 1.29 is 20.1 Å². The lowest BCUT2D eigenvalue weighted by atomic mass is 9.85. The minimum atomic E-state index is -0.676. The van der Waals surface area contributed by atoms with E-state index in [9.17, 15) is 15.3 Å². The molecule has 0 aromatic heterocycles. The van der Waals surface area contributed by atoms with Crippen LogP contribution in [-0.4, -0.2) is 28.5 Å². The summed E-state index contributed by atoms with van der Waals surface area (Å²) >= 11 is 0. The molecule has 1 aliphatic rings. The maximum Gasteiger partial charge on any atom is 0.130 e. The number of rotatable bonds is 2. The topological polar surface area (TPSA) is 82.0 Å². The second kappa shape index (κ2) is 6.69. The molecule has 0 bridgehead atoms. The minimum absolute atomic E-state index is 0.0887. The Morgan fingerprint density at radius 2 is 1.71 bits per heavy atom. The van der Waals surface area contributed by atoms with E-state index in [1.807, 2.05) is 45.0 Å². The Balaban J connectivity index is 2.01. The van der Waals surface area contributed by atoms with Crippen molar-refractivity contribution in [2.45, 2.75) is 39.0 Å². The van der Waals surface area contributed by atoms with E-state index in [1.54, 1.807) is 19.2 Å². The van der Waals surface area contributed by atoms with Gasteiger partial charge in [-0.15, -0.1) is 0 Å². The molecule has 1 heterocycles. The highest BCUT2D eigenvalue weighted by atomic mass is 16.5. The largest absolute Gasteiger partial charge is 0.507 e. The van der Waals surface area contributed by atoms with Crippen LogP contribution in [0.5, 0.6) is 17.2 Å². The lowest BCUT2D eigenvalue weighted by Gasteiger charge is -2.34. The number of aryl methyl sites for hydroxylation is 1. The summed E-state index contributed by atoms with van der Waals surface area (Å²) in [4.78, 5) is 0. The molecule has 5 nitrogen and oxygen atoms in total. The van der Waals surface area contributed by atoms with Crippen LogP contribution in [0.25, 0.3) is 21.9 Å². The highest BCUT2D eigenvalue weighted by Gasteiger charge is 2.32. The first-order chi connectivity index (χ1) is 13.3. The third kappa shape index (κ3) is 2.70. The molecule has 28 heavy (non-hydrogen) atoms. The minimum Gasteiger partial charge on any atom is -0.507 e. The van der Waals surface area contributed by atoms with Gasteiger partial charge >= 0.3 is 0 Å². The van der Waals surface area contributed by atoms with E-state index in [0.717, 1.165) is 22.1 Å².